The third kappa shape index (κ3) is 4.69. The number of nitrogens with zero attached hydrogens (tertiary/aromatic N) is 1. The Morgan fingerprint density at radius 2 is 1.50 bits per heavy atom. The zero-order valence-corrected chi connectivity index (χ0v) is 19.8. The molecule has 1 heterocycles. The lowest BCUT2D eigenvalue weighted by atomic mass is 10.1. The van der Waals surface area contributed by atoms with Crippen LogP contribution in [0.25, 0.3) is 0 Å². The van der Waals surface area contributed by atoms with Crippen LogP contribution in [0.15, 0.2) is 60.7 Å². The van der Waals surface area contributed by atoms with Crippen LogP contribution in [0.1, 0.15) is 38.8 Å². The molecule has 7 heteroatoms. The van der Waals surface area contributed by atoms with Gasteiger partial charge in [0.1, 0.15) is 17.2 Å². The molecule has 3 aromatic carbocycles. The summed E-state index contributed by atoms with van der Waals surface area (Å²) >= 11 is 0. The summed E-state index contributed by atoms with van der Waals surface area (Å²) in [6, 6.07) is 18.2. The molecule has 3 aromatic rings. The average molecular weight is 461 g/mol. The Morgan fingerprint density at radius 3 is 2.12 bits per heavy atom. The molecule has 0 saturated carbocycles. The third-order valence-corrected chi connectivity index (χ3v) is 5.99. The molecule has 0 bridgehead atoms. The van der Waals surface area contributed by atoms with Gasteiger partial charge in [0.05, 0.1) is 21.3 Å². The van der Waals surface area contributed by atoms with Gasteiger partial charge < -0.3 is 24.4 Å². The number of benzene rings is 3. The van der Waals surface area contributed by atoms with Crippen molar-refractivity contribution in [1.29, 1.82) is 0 Å². The molecule has 1 aliphatic heterocycles. The second kappa shape index (κ2) is 9.87. The highest BCUT2D eigenvalue weighted by molar-refractivity contribution is 6.08. The highest BCUT2D eigenvalue weighted by Gasteiger charge is 2.31. The van der Waals surface area contributed by atoms with Crippen LogP contribution in [0.2, 0.25) is 0 Å². The van der Waals surface area contributed by atoms with Gasteiger partial charge in [0.15, 0.2) is 0 Å². The van der Waals surface area contributed by atoms with Crippen LogP contribution in [-0.2, 0) is 13.0 Å². The van der Waals surface area contributed by atoms with Gasteiger partial charge in [-0.05, 0) is 66.9 Å². The van der Waals surface area contributed by atoms with Crippen LogP contribution in [0.3, 0.4) is 0 Å². The Hall–Kier alpha value is -4.00. The van der Waals surface area contributed by atoms with E-state index in [1.54, 1.807) is 63.8 Å². The summed E-state index contributed by atoms with van der Waals surface area (Å²) in [5.74, 6) is 1.50. The topological polar surface area (TPSA) is 77.1 Å². The monoisotopic (exact) mass is 460 g/mol. The number of amides is 2. The van der Waals surface area contributed by atoms with Gasteiger partial charge in [-0.25, -0.2) is 0 Å². The van der Waals surface area contributed by atoms with Crippen molar-refractivity contribution in [3.63, 3.8) is 0 Å². The Bertz CT molecular complexity index is 1180. The number of hydrogen-bond acceptors (Lipinski definition) is 5. The fourth-order valence-corrected chi connectivity index (χ4v) is 4.17. The number of rotatable bonds is 7. The van der Waals surface area contributed by atoms with Crippen molar-refractivity contribution in [2.24, 2.45) is 0 Å². The molecular weight excluding hydrogens is 432 g/mol. The molecule has 7 nitrogen and oxygen atoms in total. The fraction of sp³-hybridized carbons (Fsp3) is 0.259. The number of hydrogen-bond donors (Lipinski definition) is 1. The van der Waals surface area contributed by atoms with E-state index in [9.17, 15) is 9.59 Å². The number of carbonyl (C=O) groups is 2. The zero-order valence-electron chi connectivity index (χ0n) is 19.8. The first kappa shape index (κ1) is 23.2. The summed E-state index contributed by atoms with van der Waals surface area (Å²) < 4.78 is 15.7. The fourth-order valence-electron chi connectivity index (χ4n) is 4.17. The lowest BCUT2D eigenvalue weighted by Crippen LogP contribution is -2.35. The SMILES string of the molecule is COc1ccc(C(=O)N2c3cc(CNC(=O)c4cc(OC)cc(OC)c4)ccc3C[C@H]2C)cc1. The van der Waals surface area contributed by atoms with Crippen LogP contribution in [0.4, 0.5) is 5.69 Å². The first-order chi connectivity index (χ1) is 16.4. The predicted octanol–water partition coefficient (Wildman–Crippen LogP) is 4.23. The zero-order chi connectivity index (χ0) is 24.2. The number of methoxy groups -OCH3 is 3. The number of carbonyl (C=O) groups excluding carboxylic acids is 2. The van der Waals surface area contributed by atoms with Crippen LogP contribution in [-0.4, -0.2) is 39.2 Å². The third-order valence-electron chi connectivity index (χ3n) is 5.99. The van der Waals surface area contributed by atoms with Crippen molar-refractivity contribution < 1.29 is 23.8 Å². The van der Waals surface area contributed by atoms with Gasteiger partial charge in [0.25, 0.3) is 11.8 Å². The van der Waals surface area contributed by atoms with Gasteiger partial charge in [-0.2, -0.15) is 0 Å². The molecule has 0 fully saturated rings. The van der Waals surface area contributed by atoms with Gasteiger partial charge >= 0.3 is 0 Å². The van der Waals surface area contributed by atoms with Crippen LogP contribution >= 0.6 is 0 Å². The Balaban J connectivity index is 1.51. The molecule has 176 valence electrons. The number of anilines is 1. The Morgan fingerprint density at radius 1 is 0.853 bits per heavy atom. The van der Waals surface area contributed by atoms with E-state index in [2.05, 4.69) is 5.32 Å². The van der Waals surface area contributed by atoms with E-state index in [0.29, 0.717) is 34.9 Å². The van der Waals surface area contributed by atoms with Crippen molar-refractivity contribution in [1.82, 2.24) is 5.32 Å². The van der Waals surface area contributed by atoms with Gasteiger partial charge in [0, 0.05) is 35.5 Å². The first-order valence-electron chi connectivity index (χ1n) is 11.0. The van der Waals surface area contributed by atoms with Crippen LogP contribution < -0.4 is 24.4 Å². The molecule has 1 atom stereocenters. The quantitative estimate of drug-likeness (QED) is 0.571. The largest absolute Gasteiger partial charge is 0.497 e. The summed E-state index contributed by atoms with van der Waals surface area (Å²) in [5, 5.41) is 2.94. The molecule has 0 unspecified atom stereocenters. The summed E-state index contributed by atoms with van der Waals surface area (Å²) in [4.78, 5) is 27.9. The number of fused-ring (bicyclic) bond motifs is 1. The average Bonchev–Trinajstić information content (AvgIpc) is 3.21. The molecule has 0 aliphatic carbocycles. The molecule has 0 spiro atoms. The van der Waals surface area contributed by atoms with E-state index in [0.717, 1.165) is 23.2 Å². The Labute approximate surface area is 199 Å². The Kier molecular flexibility index (Phi) is 6.72. The lowest BCUT2D eigenvalue weighted by Gasteiger charge is -2.23. The molecule has 0 saturated heterocycles. The molecule has 1 aliphatic rings. The van der Waals surface area contributed by atoms with Crippen molar-refractivity contribution in [3.05, 3.63) is 82.9 Å². The summed E-state index contributed by atoms with van der Waals surface area (Å²) in [6.45, 7) is 2.36. The van der Waals surface area contributed by atoms with Gasteiger partial charge in [-0.1, -0.05) is 12.1 Å². The maximum absolute atomic E-state index is 13.3. The minimum absolute atomic E-state index is 0.0405. The normalized spacial score (nSPS) is 14.4. The minimum atomic E-state index is -0.239. The van der Waals surface area contributed by atoms with E-state index in [1.165, 1.54) is 0 Å². The highest BCUT2D eigenvalue weighted by atomic mass is 16.5. The van der Waals surface area contributed by atoms with Gasteiger partial charge in [-0.3, -0.25) is 9.59 Å². The molecule has 0 radical (unpaired) electrons. The maximum atomic E-state index is 13.3. The summed E-state index contributed by atoms with van der Waals surface area (Å²) in [7, 11) is 4.68. The van der Waals surface area contributed by atoms with Gasteiger partial charge in [-0.15, -0.1) is 0 Å². The highest BCUT2D eigenvalue weighted by Crippen LogP contribution is 2.34. The van der Waals surface area contributed by atoms with Crippen molar-refractivity contribution >= 4 is 17.5 Å². The molecule has 1 N–H and O–H groups in total. The maximum Gasteiger partial charge on any atom is 0.258 e. The summed E-state index contributed by atoms with van der Waals surface area (Å²) in [6.07, 6.45) is 0.785. The second-order valence-corrected chi connectivity index (χ2v) is 8.20. The van der Waals surface area contributed by atoms with Crippen molar-refractivity contribution in [2.75, 3.05) is 26.2 Å². The molecule has 0 aromatic heterocycles. The van der Waals surface area contributed by atoms with E-state index < -0.39 is 0 Å². The van der Waals surface area contributed by atoms with E-state index in [-0.39, 0.29) is 17.9 Å². The predicted molar refractivity (Wildman–Crippen MR) is 130 cm³/mol. The standard InChI is InChI=1S/C27H28N2O5/c1-17-11-20-6-5-18(16-28-26(30)21-13-23(33-3)15-24(14-21)34-4)12-25(20)29(17)27(31)19-7-9-22(32-2)10-8-19/h5-10,12-15,17H,11,16H2,1-4H3,(H,28,30)/t17-/m1/s1. The molecule has 2 amide bonds. The van der Waals surface area contributed by atoms with Crippen LogP contribution in [0, 0.1) is 0 Å². The van der Waals surface area contributed by atoms with Gasteiger partial charge in [0.2, 0.25) is 0 Å². The van der Waals surface area contributed by atoms with E-state index in [1.807, 2.05) is 30.0 Å². The first-order valence-corrected chi connectivity index (χ1v) is 11.0. The summed E-state index contributed by atoms with van der Waals surface area (Å²) in [5.41, 5.74) is 3.95. The molecule has 4 rings (SSSR count). The second-order valence-electron chi connectivity index (χ2n) is 8.20. The molecular formula is C27H28N2O5. The number of nitrogens with one attached hydrogen (secondary N) is 1. The van der Waals surface area contributed by atoms with Crippen molar-refractivity contribution in [2.45, 2.75) is 25.9 Å². The smallest absolute Gasteiger partial charge is 0.258 e. The van der Waals surface area contributed by atoms with E-state index in [4.69, 9.17) is 14.2 Å². The minimum Gasteiger partial charge on any atom is -0.497 e. The molecule has 34 heavy (non-hydrogen) atoms. The van der Waals surface area contributed by atoms with Crippen LogP contribution in [0.5, 0.6) is 17.2 Å². The van der Waals surface area contributed by atoms with Crippen molar-refractivity contribution in [3.8, 4) is 17.2 Å². The van der Waals surface area contributed by atoms with E-state index >= 15 is 0 Å². The number of ether oxygens (including phenoxy) is 3. The lowest BCUT2D eigenvalue weighted by molar-refractivity contribution is 0.0948.